The van der Waals surface area contributed by atoms with E-state index >= 15 is 0 Å². The molecule has 10 heteroatoms. The largest absolute Gasteiger partial charge is 0.396 e. The Kier molecular flexibility index (Phi) is 6.64. The predicted molar refractivity (Wildman–Crippen MR) is 124 cm³/mol. The lowest BCUT2D eigenvalue weighted by Crippen LogP contribution is -2.47. The van der Waals surface area contributed by atoms with Gasteiger partial charge in [0.15, 0.2) is 0 Å². The van der Waals surface area contributed by atoms with Crippen molar-refractivity contribution >= 4 is 27.0 Å². The number of hydrogen-bond acceptors (Lipinski definition) is 7. The molecule has 32 heavy (non-hydrogen) atoms. The van der Waals surface area contributed by atoms with Crippen LogP contribution in [0.15, 0.2) is 29.7 Å². The van der Waals surface area contributed by atoms with Crippen molar-refractivity contribution in [2.45, 2.75) is 50.6 Å². The van der Waals surface area contributed by atoms with Crippen molar-refractivity contribution in [1.82, 2.24) is 18.8 Å². The molecule has 9 nitrogen and oxygen atoms in total. The first-order chi connectivity index (χ1) is 15.3. The standard InChI is InChI=1S/C22H31N5O4S/c1-3-15-14-26(32(2,30)31)10-8-19(15)24-22-23-13-17-12-16(9-11-28)21(29)27(20(17)25-22)18-6-4-5-7-18/h3,12-13,15,18-19,28H,1,4-11,14H2,2H3,(H,23,24,25)/t15-,19-/m0/s1. The van der Waals surface area contributed by atoms with Crippen LogP contribution in [0.2, 0.25) is 0 Å². The molecule has 2 atom stereocenters. The molecule has 0 spiro atoms. The van der Waals surface area contributed by atoms with E-state index < -0.39 is 10.0 Å². The molecule has 1 saturated carbocycles. The number of pyridine rings is 1. The molecular formula is C22H31N5O4S. The Hall–Kier alpha value is -2.30. The zero-order valence-electron chi connectivity index (χ0n) is 18.4. The van der Waals surface area contributed by atoms with Gasteiger partial charge in [0, 0.05) is 61.3 Å². The van der Waals surface area contributed by atoms with Crippen molar-refractivity contribution in [3.8, 4) is 0 Å². The Balaban J connectivity index is 1.67. The Morgan fingerprint density at radius 2 is 2.06 bits per heavy atom. The molecule has 2 fully saturated rings. The van der Waals surface area contributed by atoms with E-state index in [2.05, 4.69) is 16.9 Å². The number of sulfonamides is 1. The molecule has 3 heterocycles. The number of fused-ring (bicyclic) bond motifs is 1. The number of aromatic nitrogens is 3. The highest BCUT2D eigenvalue weighted by atomic mass is 32.2. The van der Waals surface area contributed by atoms with E-state index in [-0.39, 0.29) is 30.2 Å². The summed E-state index contributed by atoms with van der Waals surface area (Å²) >= 11 is 0. The van der Waals surface area contributed by atoms with Crippen LogP contribution >= 0.6 is 0 Å². The van der Waals surface area contributed by atoms with Gasteiger partial charge in [-0.1, -0.05) is 18.9 Å². The first kappa shape index (κ1) is 22.9. The van der Waals surface area contributed by atoms with Gasteiger partial charge in [-0.2, -0.15) is 4.98 Å². The summed E-state index contributed by atoms with van der Waals surface area (Å²) in [6.45, 7) is 4.59. The monoisotopic (exact) mass is 461 g/mol. The van der Waals surface area contributed by atoms with E-state index in [0.29, 0.717) is 43.1 Å². The van der Waals surface area contributed by atoms with Crippen LogP contribution in [0, 0.1) is 5.92 Å². The SMILES string of the molecule is C=C[C@H]1CN(S(C)(=O)=O)CC[C@@H]1Nc1ncc2cc(CCO)c(=O)n(C3CCCC3)c2n1. The van der Waals surface area contributed by atoms with Gasteiger partial charge in [-0.3, -0.25) is 9.36 Å². The number of nitrogens with one attached hydrogen (secondary N) is 1. The van der Waals surface area contributed by atoms with Crippen LogP contribution in [0.25, 0.3) is 11.0 Å². The van der Waals surface area contributed by atoms with Gasteiger partial charge >= 0.3 is 0 Å². The molecule has 2 N–H and O–H groups in total. The van der Waals surface area contributed by atoms with Crippen molar-refractivity contribution in [1.29, 1.82) is 0 Å². The molecule has 1 aliphatic heterocycles. The molecule has 1 saturated heterocycles. The van der Waals surface area contributed by atoms with E-state index in [9.17, 15) is 18.3 Å². The second kappa shape index (κ2) is 9.29. The molecule has 0 unspecified atom stereocenters. The zero-order valence-corrected chi connectivity index (χ0v) is 19.2. The Morgan fingerprint density at radius 1 is 1.31 bits per heavy atom. The maximum absolute atomic E-state index is 13.2. The average Bonchev–Trinajstić information content (AvgIpc) is 3.28. The minimum atomic E-state index is -3.25. The summed E-state index contributed by atoms with van der Waals surface area (Å²) in [6, 6.07) is 1.83. The summed E-state index contributed by atoms with van der Waals surface area (Å²) in [4.78, 5) is 22.4. The number of aliphatic hydroxyl groups is 1. The van der Waals surface area contributed by atoms with Crippen LogP contribution in [0.5, 0.6) is 0 Å². The van der Waals surface area contributed by atoms with Gasteiger partial charge in [-0.05, 0) is 25.3 Å². The van der Waals surface area contributed by atoms with Crippen LogP contribution in [-0.4, -0.2) is 64.4 Å². The van der Waals surface area contributed by atoms with Gasteiger partial charge in [0.1, 0.15) is 5.65 Å². The van der Waals surface area contributed by atoms with Crippen LogP contribution in [0.4, 0.5) is 5.95 Å². The number of piperidine rings is 1. The Bertz CT molecular complexity index is 1160. The van der Waals surface area contributed by atoms with Crippen molar-refractivity contribution in [3.05, 3.63) is 40.8 Å². The number of rotatable bonds is 7. The summed E-state index contributed by atoms with van der Waals surface area (Å²) in [7, 11) is -3.25. The molecule has 0 aromatic carbocycles. The first-order valence-corrected chi connectivity index (χ1v) is 13.0. The maximum Gasteiger partial charge on any atom is 0.255 e. The second-order valence-electron chi connectivity index (χ2n) is 8.79. The fourth-order valence-corrected chi connectivity index (χ4v) is 5.76. The topological polar surface area (TPSA) is 117 Å². The minimum absolute atomic E-state index is 0.0525. The highest BCUT2D eigenvalue weighted by molar-refractivity contribution is 7.88. The maximum atomic E-state index is 13.2. The molecule has 0 radical (unpaired) electrons. The molecule has 2 aromatic heterocycles. The minimum Gasteiger partial charge on any atom is -0.396 e. The van der Waals surface area contributed by atoms with E-state index in [0.717, 1.165) is 31.1 Å². The number of aliphatic hydroxyl groups excluding tert-OH is 1. The molecule has 174 valence electrons. The molecule has 0 amide bonds. The smallest absolute Gasteiger partial charge is 0.255 e. The molecule has 2 aromatic rings. The summed E-state index contributed by atoms with van der Waals surface area (Å²) in [5.41, 5.74) is 1.09. The van der Waals surface area contributed by atoms with Crippen molar-refractivity contribution in [3.63, 3.8) is 0 Å². The molecule has 4 rings (SSSR count). The van der Waals surface area contributed by atoms with Gasteiger partial charge in [-0.15, -0.1) is 6.58 Å². The number of hydrogen-bond donors (Lipinski definition) is 2. The van der Waals surface area contributed by atoms with Crippen LogP contribution in [0.1, 0.15) is 43.7 Å². The first-order valence-electron chi connectivity index (χ1n) is 11.2. The summed E-state index contributed by atoms with van der Waals surface area (Å²) in [5, 5.41) is 13.5. The van der Waals surface area contributed by atoms with Gasteiger partial charge in [0.05, 0.1) is 6.26 Å². The quantitative estimate of drug-likeness (QED) is 0.603. The van der Waals surface area contributed by atoms with Crippen LogP contribution < -0.4 is 10.9 Å². The summed E-state index contributed by atoms with van der Waals surface area (Å²) in [6.07, 6.45) is 9.66. The fraction of sp³-hybridized carbons (Fsp3) is 0.591. The lowest BCUT2D eigenvalue weighted by molar-refractivity contribution is 0.282. The lowest BCUT2D eigenvalue weighted by atomic mass is 9.93. The third kappa shape index (κ3) is 4.57. The second-order valence-corrected chi connectivity index (χ2v) is 10.8. The van der Waals surface area contributed by atoms with Gasteiger partial charge in [0.2, 0.25) is 16.0 Å². The van der Waals surface area contributed by atoms with Crippen molar-refractivity contribution in [2.75, 3.05) is 31.3 Å². The highest BCUT2D eigenvalue weighted by Crippen LogP contribution is 2.31. The third-order valence-electron chi connectivity index (χ3n) is 6.63. The van der Waals surface area contributed by atoms with Gasteiger partial charge < -0.3 is 10.4 Å². The number of anilines is 1. The third-order valence-corrected chi connectivity index (χ3v) is 7.90. The van der Waals surface area contributed by atoms with Gasteiger partial charge in [-0.25, -0.2) is 17.7 Å². The summed E-state index contributed by atoms with van der Waals surface area (Å²) < 4.78 is 27.1. The molecular weight excluding hydrogens is 430 g/mol. The predicted octanol–water partition coefficient (Wildman–Crippen LogP) is 1.69. The Morgan fingerprint density at radius 3 is 2.72 bits per heavy atom. The van der Waals surface area contributed by atoms with E-state index in [1.54, 1.807) is 22.9 Å². The lowest BCUT2D eigenvalue weighted by Gasteiger charge is -2.36. The van der Waals surface area contributed by atoms with Crippen LogP contribution in [-0.2, 0) is 16.4 Å². The average molecular weight is 462 g/mol. The van der Waals surface area contributed by atoms with Crippen molar-refractivity contribution in [2.24, 2.45) is 5.92 Å². The van der Waals surface area contributed by atoms with E-state index in [1.807, 2.05) is 0 Å². The summed E-state index contributed by atoms with van der Waals surface area (Å²) in [5.74, 6) is 0.338. The normalized spacial score (nSPS) is 22.9. The van der Waals surface area contributed by atoms with Gasteiger partial charge in [0.25, 0.3) is 5.56 Å². The highest BCUT2D eigenvalue weighted by Gasteiger charge is 2.32. The zero-order chi connectivity index (χ0) is 22.9. The molecule has 0 bridgehead atoms. The van der Waals surface area contributed by atoms with Crippen LogP contribution in [0.3, 0.4) is 0 Å². The van der Waals surface area contributed by atoms with E-state index in [4.69, 9.17) is 4.98 Å². The van der Waals surface area contributed by atoms with E-state index in [1.165, 1.54) is 10.6 Å². The number of nitrogens with zero attached hydrogens (tertiary/aromatic N) is 4. The molecule has 2 aliphatic rings. The molecule has 1 aliphatic carbocycles. The Labute approximate surface area is 188 Å². The van der Waals surface area contributed by atoms with Crippen molar-refractivity contribution < 1.29 is 13.5 Å². The fourth-order valence-electron chi connectivity index (χ4n) is 4.88.